The van der Waals surface area contributed by atoms with E-state index in [1.807, 2.05) is 89.2 Å². The van der Waals surface area contributed by atoms with Crippen LogP contribution in [-0.4, -0.2) is 167 Å². The van der Waals surface area contributed by atoms with Crippen LogP contribution in [0.2, 0.25) is 25.7 Å². The van der Waals surface area contributed by atoms with E-state index < -0.39 is 8.07 Å². The van der Waals surface area contributed by atoms with Crippen molar-refractivity contribution >= 4 is 30.1 Å². The molecule has 2 saturated carbocycles. The molecule has 0 radical (unpaired) electrons. The lowest BCUT2D eigenvalue weighted by Gasteiger charge is -2.53. The summed E-state index contributed by atoms with van der Waals surface area (Å²) in [7, 11) is -1.15. The standard InChI is InChI=1S/C33H45N9O3Si.C27H31N9O2/c1-24-38-26(10-14-43)17-30(39-24)45-28-7-5-27(6-8-28)41-20-33(21-41,11-12-34)42-19-25(18-37-42)31-29-9-13-40(32(29)36-22-35-31)23-44-15-16-46(2,3)4;1-18-33-20(7-11-37)12-24(34-18)38-22-4-2-21(3-5-22)35-15-27(16-35,8-9-28)36-14-19(13-32-36)25-23-6-10-29-26(23)31-17-30-25/h9,13,17-19,22,27-28,43H,5-8,10-11,14-16,20-21,23H2,1-4H3;6,10,12-14,17,21-22,37H,2-5,7-8,11,15-16H2,1H3,(H,29,30,31). The van der Waals surface area contributed by atoms with Gasteiger partial charge in [0.25, 0.3) is 0 Å². The molecule has 0 spiro atoms. The Hall–Kier alpha value is -7.58. The Morgan fingerprint density at radius 2 is 1.18 bits per heavy atom. The lowest BCUT2D eigenvalue weighted by molar-refractivity contribution is -0.0445. The van der Waals surface area contributed by atoms with Gasteiger partial charge in [0.05, 0.1) is 60.1 Å². The maximum absolute atomic E-state index is 9.79. The van der Waals surface area contributed by atoms with Gasteiger partial charge in [-0.3, -0.25) is 19.2 Å². The average Bonchev–Trinajstić information content (AvgIpc) is 1.59. The minimum absolute atomic E-state index is 0.0531. The summed E-state index contributed by atoms with van der Waals surface area (Å²) >= 11 is 0. The molecule has 0 amide bonds. The van der Waals surface area contributed by atoms with Crippen LogP contribution in [0.3, 0.4) is 0 Å². The highest BCUT2D eigenvalue weighted by Gasteiger charge is 2.50. The van der Waals surface area contributed by atoms with Gasteiger partial charge in [-0.25, -0.2) is 29.9 Å². The fraction of sp³-hybridized carbons (Fsp3) is 0.533. The van der Waals surface area contributed by atoms with Gasteiger partial charge in [-0.15, -0.1) is 0 Å². The van der Waals surface area contributed by atoms with Crippen LogP contribution >= 0.6 is 0 Å². The van der Waals surface area contributed by atoms with Crippen LogP contribution in [-0.2, 0) is 35.4 Å². The highest BCUT2D eigenvalue weighted by Crippen LogP contribution is 2.41. The molecule has 23 nitrogen and oxygen atoms in total. The number of H-pyrrole nitrogens is 1. The third-order valence-corrected chi connectivity index (χ3v) is 18.7. The molecule has 24 heteroatoms. The lowest BCUT2D eigenvalue weighted by atomic mass is 9.82. The molecule has 0 atom stereocenters. The normalized spacial score (nSPS) is 20.5. The summed E-state index contributed by atoms with van der Waals surface area (Å²) in [6.45, 7) is 15.3. The molecule has 10 heterocycles. The Balaban J connectivity index is 0.000000178. The van der Waals surface area contributed by atoms with Crippen molar-refractivity contribution in [1.82, 2.24) is 78.8 Å². The summed E-state index contributed by atoms with van der Waals surface area (Å²) in [5.74, 6) is 2.50. The molecule has 3 N–H and O–H groups in total. The number of rotatable bonds is 21. The second kappa shape index (κ2) is 25.3. The molecule has 84 heavy (non-hydrogen) atoms. The van der Waals surface area contributed by atoms with Gasteiger partial charge in [0.1, 0.15) is 65.6 Å². The highest BCUT2D eigenvalue weighted by atomic mass is 28.3. The summed E-state index contributed by atoms with van der Waals surface area (Å²) in [6, 6.07) is 14.5. The minimum atomic E-state index is -1.15. The van der Waals surface area contributed by atoms with Crippen LogP contribution in [0.1, 0.15) is 87.2 Å². The maximum Gasteiger partial charge on any atom is 0.217 e. The molecule has 2 aliphatic carbocycles. The van der Waals surface area contributed by atoms with E-state index in [2.05, 4.69) is 91.5 Å². The number of nitrogens with zero attached hydrogens (tertiary/aromatic N) is 17. The largest absolute Gasteiger partial charge is 0.474 e. The van der Waals surface area contributed by atoms with E-state index >= 15 is 0 Å². The summed E-state index contributed by atoms with van der Waals surface area (Å²) in [4.78, 5) is 43.7. The van der Waals surface area contributed by atoms with Crippen LogP contribution in [0.5, 0.6) is 11.8 Å². The van der Waals surface area contributed by atoms with Gasteiger partial charge in [-0.2, -0.15) is 30.7 Å². The first-order chi connectivity index (χ1) is 40.7. The first-order valence-corrected chi connectivity index (χ1v) is 33.2. The van der Waals surface area contributed by atoms with E-state index in [1.165, 1.54) is 0 Å². The van der Waals surface area contributed by atoms with Crippen molar-refractivity contribution in [2.24, 2.45) is 0 Å². The Kier molecular flexibility index (Phi) is 17.5. The molecule has 0 aromatic carbocycles. The van der Waals surface area contributed by atoms with Crippen molar-refractivity contribution in [2.45, 2.75) is 159 Å². The second-order valence-electron chi connectivity index (χ2n) is 24.4. The summed E-state index contributed by atoms with van der Waals surface area (Å²) in [6.07, 6.45) is 24.8. The van der Waals surface area contributed by atoms with Gasteiger partial charge in [-0.05, 0) is 83.4 Å². The number of aliphatic hydroxyl groups excluding tert-OH is 2. The number of aliphatic hydroxyl groups is 2. The fourth-order valence-corrected chi connectivity index (χ4v) is 13.3. The van der Waals surface area contributed by atoms with Crippen molar-refractivity contribution in [3.63, 3.8) is 0 Å². The summed E-state index contributed by atoms with van der Waals surface area (Å²) < 4.78 is 24.4. The molecule has 4 fully saturated rings. The minimum Gasteiger partial charge on any atom is -0.474 e. The number of nitrogens with one attached hydrogen (secondary N) is 1. The number of hydrogen-bond donors (Lipinski definition) is 3. The first-order valence-electron chi connectivity index (χ1n) is 29.5. The molecule has 2 aliphatic heterocycles. The van der Waals surface area contributed by atoms with E-state index in [0.29, 0.717) is 67.9 Å². The Labute approximate surface area is 490 Å². The third-order valence-electron chi connectivity index (χ3n) is 17.0. The topological polar surface area (TPSA) is 282 Å². The van der Waals surface area contributed by atoms with E-state index in [0.717, 1.165) is 146 Å². The highest BCUT2D eigenvalue weighted by molar-refractivity contribution is 6.76. The van der Waals surface area contributed by atoms with Gasteiger partial charge in [0, 0.05) is 138 Å². The fourth-order valence-electron chi connectivity index (χ4n) is 12.5. The number of fused-ring (bicyclic) bond motifs is 2. The summed E-state index contributed by atoms with van der Waals surface area (Å²) in [5.41, 5.74) is 6.07. The molecule has 8 aromatic heterocycles. The lowest BCUT2D eigenvalue weighted by Crippen LogP contribution is -2.65. The van der Waals surface area contributed by atoms with Crippen LogP contribution in [0.25, 0.3) is 44.6 Å². The van der Waals surface area contributed by atoms with Crippen molar-refractivity contribution in [2.75, 3.05) is 46.0 Å². The second-order valence-corrected chi connectivity index (χ2v) is 30.0. The third kappa shape index (κ3) is 13.0. The number of hydrogen-bond acceptors (Lipinski definition) is 19. The molecular formula is C60H76N18O5Si. The van der Waals surface area contributed by atoms with Crippen molar-refractivity contribution in [3.05, 3.63) is 97.1 Å². The monoisotopic (exact) mass is 1160 g/mol. The van der Waals surface area contributed by atoms with Crippen LogP contribution in [0.4, 0.5) is 0 Å². The van der Waals surface area contributed by atoms with E-state index in [-0.39, 0.29) is 36.5 Å². The SMILES string of the molecule is Cc1nc(CCO)cc(OC2CCC(N3CC(CC#N)(n4cc(-c5ncnc6[nH]ccc56)cn4)C3)CC2)n1.Cc1nc(CCO)cc(OC2CCC(N3CC(CC#N)(n4cc(-c5ncnc6c5ccn6COCC[Si](C)(C)C)cn4)C3)CC2)n1. The van der Waals surface area contributed by atoms with Gasteiger partial charge in [0.2, 0.25) is 11.8 Å². The van der Waals surface area contributed by atoms with Crippen molar-refractivity contribution < 1.29 is 24.4 Å². The van der Waals surface area contributed by atoms with Gasteiger partial charge < -0.3 is 34.0 Å². The number of nitriles is 2. The van der Waals surface area contributed by atoms with Crippen LogP contribution < -0.4 is 9.47 Å². The predicted molar refractivity (Wildman–Crippen MR) is 316 cm³/mol. The number of ether oxygens (including phenoxy) is 3. The zero-order chi connectivity index (χ0) is 58.4. The van der Waals surface area contributed by atoms with Gasteiger partial charge in [0.15, 0.2) is 0 Å². The van der Waals surface area contributed by atoms with Crippen LogP contribution in [0.15, 0.2) is 74.1 Å². The molecule has 12 rings (SSSR count). The molecular weight excluding hydrogens is 1080 g/mol. The Bertz CT molecular complexity index is 3610. The van der Waals surface area contributed by atoms with Crippen molar-refractivity contribution in [1.29, 1.82) is 10.5 Å². The number of aromatic nitrogens is 14. The van der Waals surface area contributed by atoms with Gasteiger partial charge >= 0.3 is 0 Å². The molecule has 4 aliphatic rings. The zero-order valence-corrected chi connectivity index (χ0v) is 49.8. The maximum atomic E-state index is 9.79. The molecule has 8 aromatic rings. The number of aryl methyl sites for hydroxylation is 2. The smallest absolute Gasteiger partial charge is 0.217 e. The predicted octanol–water partition coefficient (Wildman–Crippen LogP) is 7.32. The molecule has 0 unspecified atom stereocenters. The Morgan fingerprint density at radius 3 is 1.68 bits per heavy atom. The summed E-state index contributed by atoms with van der Waals surface area (Å²) in [5, 5.41) is 49.3. The van der Waals surface area contributed by atoms with Crippen LogP contribution in [0, 0.1) is 36.5 Å². The quantitative estimate of drug-likeness (QED) is 0.0469. The van der Waals surface area contributed by atoms with E-state index in [9.17, 15) is 20.7 Å². The Morgan fingerprint density at radius 1 is 0.667 bits per heavy atom. The average molecular weight is 1160 g/mol. The molecule has 440 valence electrons. The molecule has 2 saturated heterocycles. The number of likely N-dealkylation sites (tertiary alicyclic amines) is 2. The molecule has 0 bridgehead atoms. The first kappa shape index (κ1) is 58.2. The zero-order valence-electron chi connectivity index (χ0n) is 48.8. The van der Waals surface area contributed by atoms with E-state index in [1.54, 1.807) is 12.7 Å². The van der Waals surface area contributed by atoms with E-state index in [4.69, 9.17) is 19.3 Å². The van der Waals surface area contributed by atoms with Gasteiger partial charge in [-0.1, -0.05) is 19.6 Å². The number of aromatic amines is 1. The van der Waals surface area contributed by atoms with Crippen molar-refractivity contribution in [3.8, 4) is 46.4 Å².